The van der Waals surface area contributed by atoms with Gasteiger partial charge in [0.15, 0.2) is 11.7 Å². The van der Waals surface area contributed by atoms with Crippen molar-refractivity contribution in [3.05, 3.63) is 28.2 Å². The predicted octanol–water partition coefficient (Wildman–Crippen LogP) is 0.990. The van der Waals surface area contributed by atoms with Crippen LogP contribution in [0.5, 0.6) is 0 Å². The van der Waals surface area contributed by atoms with E-state index in [4.69, 9.17) is 9.72 Å². The summed E-state index contributed by atoms with van der Waals surface area (Å²) in [6.07, 6.45) is 6.07. The summed E-state index contributed by atoms with van der Waals surface area (Å²) in [5.41, 5.74) is 6.71. The fraction of sp³-hybridized carbons (Fsp3) is 0.500. The second-order valence-corrected chi connectivity index (χ2v) is 6.42. The van der Waals surface area contributed by atoms with Crippen LogP contribution in [0.3, 0.4) is 0 Å². The Hall–Kier alpha value is -1.97. The van der Waals surface area contributed by atoms with Crippen molar-refractivity contribution in [1.29, 1.82) is 0 Å². The lowest BCUT2D eigenvalue weighted by molar-refractivity contribution is -0.00728. The number of amidine groups is 2. The zero-order chi connectivity index (χ0) is 15.6. The maximum Gasteiger partial charge on any atom is 0.189 e. The molecule has 0 spiro atoms. The highest BCUT2D eigenvalue weighted by atomic mass is 32.1. The minimum atomic E-state index is 0.00943. The summed E-state index contributed by atoms with van der Waals surface area (Å²) in [6.45, 7) is 4.42. The minimum Gasteiger partial charge on any atom is -0.367 e. The number of nitrogens with zero attached hydrogens (tertiary/aromatic N) is 5. The Bertz CT molecular complexity index is 668. The zero-order valence-corrected chi connectivity index (χ0v) is 13.7. The monoisotopic (exact) mass is 333 g/mol. The fourth-order valence-corrected chi connectivity index (χ4v) is 3.61. The second-order valence-electron chi connectivity index (χ2n) is 5.53. The van der Waals surface area contributed by atoms with Crippen LogP contribution in [-0.4, -0.2) is 46.4 Å². The Morgan fingerprint density at radius 2 is 2.30 bits per heavy atom. The van der Waals surface area contributed by atoms with Gasteiger partial charge < -0.3 is 9.64 Å². The first-order valence-electron chi connectivity index (χ1n) is 7.79. The van der Waals surface area contributed by atoms with Crippen LogP contribution in [0.4, 0.5) is 0 Å². The Morgan fingerprint density at radius 3 is 3.22 bits per heavy atom. The third-order valence-electron chi connectivity index (χ3n) is 3.87. The molecule has 1 fully saturated rings. The zero-order valence-electron chi connectivity index (χ0n) is 12.9. The average Bonchev–Trinajstić information content (AvgIpc) is 3.23. The number of aromatic nitrogens is 1. The predicted molar refractivity (Wildman–Crippen MR) is 88.5 cm³/mol. The van der Waals surface area contributed by atoms with E-state index in [0.29, 0.717) is 6.61 Å². The average molecular weight is 333 g/mol. The van der Waals surface area contributed by atoms with Gasteiger partial charge in [0, 0.05) is 11.9 Å². The molecule has 122 valence electrons. The van der Waals surface area contributed by atoms with Crippen LogP contribution < -0.4 is 11.1 Å². The van der Waals surface area contributed by atoms with E-state index in [-0.39, 0.29) is 6.10 Å². The topological polar surface area (TPSA) is 77.4 Å². The molecule has 1 saturated heterocycles. The van der Waals surface area contributed by atoms with Gasteiger partial charge in [-0.2, -0.15) is 5.12 Å². The molecule has 0 bridgehead atoms. The molecule has 23 heavy (non-hydrogen) atoms. The molecule has 3 aliphatic heterocycles. The normalized spacial score (nSPS) is 23.4. The van der Waals surface area contributed by atoms with Gasteiger partial charge in [0.1, 0.15) is 11.1 Å². The molecule has 4 heterocycles. The Kier molecular flexibility index (Phi) is 3.98. The van der Waals surface area contributed by atoms with E-state index in [1.54, 1.807) is 16.5 Å². The van der Waals surface area contributed by atoms with E-state index in [1.807, 2.05) is 12.2 Å². The van der Waals surface area contributed by atoms with Gasteiger partial charge in [-0.3, -0.25) is 0 Å². The number of morpholine rings is 1. The first-order chi connectivity index (χ1) is 11.3. The summed E-state index contributed by atoms with van der Waals surface area (Å²) in [5, 5.41) is 13.4. The highest BCUT2D eigenvalue weighted by Gasteiger charge is 2.28. The van der Waals surface area contributed by atoms with Gasteiger partial charge in [-0.15, -0.1) is 27.1 Å². The van der Waals surface area contributed by atoms with Crippen LogP contribution in [0, 0.1) is 0 Å². The van der Waals surface area contributed by atoms with E-state index >= 15 is 0 Å². The molecule has 0 saturated carbocycles. The smallest absolute Gasteiger partial charge is 0.189 e. The number of hydrogen-bond donors (Lipinski definition) is 2. The molecule has 4 rings (SSSR count). The summed E-state index contributed by atoms with van der Waals surface area (Å²) in [4.78, 5) is 6.94. The molecule has 1 unspecified atom stereocenters. The lowest BCUT2D eigenvalue weighted by Gasteiger charge is -2.34. The maximum absolute atomic E-state index is 5.93. The molecule has 1 aromatic heterocycles. The number of hydrogen-bond acceptors (Lipinski definition) is 9. The quantitative estimate of drug-likeness (QED) is 0.859. The molecule has 0 aliphatic carbocycles. The molecule has 0 aromatic carbocycles. The van der Waals surface area contributed by atoms with E-state index < -0.39 is 0 Å². The molecule has 1 aromatic rings. The van der Waals surface area contributed by atoms with Crippen LogP contribution >= 0.6 is 11.3 Å². The number of rotatable bonds is 3. The number of ether oxygens (including phenoxy) is 1. The van der Waals surface area contributed by atoms with Crippen molar-refractivity contribution in [1.82, 2.24) is 26.1 Å². The van der Waals surface area contributed by atoms with E-state index in [0.717, 1.165) is 48.3 Å². The molecular formula is C14H19N7OS. The van der Waals surface area contributed by atoms with Crippen LogP contribution in [0.15, 0.2) is 27.7 Å². The number of nitrogens with one attached hydrogen (secondary N) is 2. The third-order valence-corrected chi connectivity index (χ3v) is 4.85. The van der Waals surface area contributed by atoms with Crippen LogP contribution in [0.25, 0.3) is 0 Å². The summed E-state index contributed by atoms with van der Waals surface area (Å²) in [7, 11) is 0. The van der Waals surface area contributed by atoms with Gasteiger partial charge in [0.05, 0.1) is 18.8 Å². The van der Waals surface area contributed by atoms with E-state index in [9.17, 15) is 0 Å². The SMILES string of the molecule is CCCc1csc(C2CN(C3=NN4NNN=C4C=C3)CCO2)n1. The highest BCUT2D eigenvalue weighted by molar-refractivity contribution is 7.09. The molecule has 8 nitrogen and oxygen atoms in total. The van der Waals surface area contributed by atoms with Gasteiger partial charge in [0.25, 0.3) is 0 Å². The summed E-state index contributed by atoms with van der Waals surface area (Å²) >= 11 is 1.69. The Morgan fingerprint density at radius 1 is 1.39 bits per heavy atom. The standard InChI is InChI=1S/C14H19N7OS/c1-2-3-10-9-23-14(15-10)11-8-20(6-7-22-11)13-5-4-12-16-18-19-21(12)17-13/h4-5,9,11,18-19H,2-3,6-8H2,1H3. The van der Waals surface area contributed by atoms with Crippen LogP contribution in [-0.2, 0) is 11.2 Å². The van der Waals surface area contributed by atoms with Crippen molar-refractivity contribution in [3.8, 4) is 0 Å². The van der Waals surface area contributed by atoms with Crippen LogP contribution in [0.2, 0.25) is 0 Å². The number of aryl methyl sites for hydroxylation is 1. The Balaban J connectivity index is 1.46. The van der Waals surface area contributed by atoms with Crippen molar-refractivity contribution in [2.24, 2.45) is 10.2 Å². The lowest BCUT2D eigenvalue weighted by atomic mass is 10.2. The molecule has 2 N–H and O–H groups in total. The van der Waals surface area contributed by atoms with Gasteiger partial charge in [-0.05, 0) is 18.6 Å². The first kappa shape index (κ1) is 14.6. The largest absolute Gasteiger partial charge is 0.367 e. The first-order valence-corrected chi connectivity index (χ1v) is 8.67. The van der Waals surface area contributed by atoms with Crippen LogP contribution in [0.1, 0.15) is 30.2 Å². The summed E-state index contributed by atoms with van der Waals surface area (Å²) < 4.78 is 5.93. The van der Waals surface area contributed by atoms with Crippen molar-refractivity contribution in [3.63, 3.8) is 0 Å². The highest BCUT2D eigenvalue weighted by Crippen LogP contribution is 2.26. The number of hydrazine groups is 2. The molecule has 0 amide bonds. The fourth-order valence-electron chi connectivity index (χ4n) is 2.72. The third kappa shape index (κ3) is 2.94. The van der Waals surface area contributed by atoms with Crippen molar-refractivity contribution < 1.29 is 4.74 Å². The number of thiazole rings is 1. The molecule has 1 atom stereocenters. The number of fused-ring (bicyclic) bond motifs is 1. The summed E-state index contributed by atoms with van der Waals surface area (Å²) in [5.74, 6) is 1.65. The summed E-state index contributed by atoms with van der Waals surface area (Å²) in [6, 6.07) is 0. The lowest BCUT2D eigenvalue weighted by Crippen LogP contribution is -2.46. The van der Waals surface area contributed by atoms with Gasteiger partial charge in [-0.1, -0.05) is 13.3 Å². The molecule has 3 aliphatic rings. The van der Waals surface area contributed by atoms with Gasteiger partial charge in [0.2, 0.25) is 0 Å². The number of hydrazone groups is 2. The molecule has 9 heteroatoms. The van der Waals surface area contributed by atoms with Gasteiger partial charge in [-0.25, -0.2) is 10.5 Å². The van der Waals surface area contributed by atoms with E-state index in [2.05, 4.69) is 38.5 Å². The molecule has 0 radical (unpaired) electrons. The van der Waals surface area contributed by atoms with E-state index in [1.165, 1.54) is 0 Å². The van der Waals surface area contributed by atoms with Crippen molar-refractivity contribution >= 4 is 23.0 Å². The van der Waals surface area contributed by atoms with Crippen molar-refractivity contribution in [2.75, 3.05) is 19.7 Å². The maximum atomic E-state index is 5.93. The minimum absolute atomic E-state index is 0.00943. The molecular weight excluding hydrogens is 314 g/mol. The second kappa shape index (κ2) is 6.26. The Labute approximate surface area is 138 Å². The van der Waals surface area contributed by atoms with Gasteiger partial charge >= 0.3 is 0 Å². The van der Waals surface area contributed by atoms with Crippen molar-refractivity contribution in [2.45, 2.75) is 25.9 Å².